The van der Waals surface area contributed by atoms with E-state index >= 15 is 0 Å². The quantitative estimate of drug-likeness (QED) is 0.0226. The minimum Gasteiger partial charge on any atom is -0.480 e. The minimum atomic E-state index is -2.38. The van der Waals surface area contributed by atoms with Gasteiger partial charge in [-0.3, -0.25) is 43.3 Å². The van der Waals surface area contributed by atoms with Crippen LogP contribution in [-0.2, 0) is 38.4 Å². The number of nitrogens with one attached hydrogen (secondary N) is 3. The number of rotatable bonds is 39. The van der Waals surface area contributed by atoms with Gasteiger partial charge in [0, 0.05) is 50.2 Å². The van der Waals surface area contributed by atoms with E-state index in [0.717, 1.165) is 75.9 Å². The van der Waals surface area contributed by atoms with Gasteiger partial charge in [0.15, 0.2) is 0 Å². The molecule has 7 amide bonds. The van der Waals surface area contributed by atoms with Crippen molar-refractivity contribution >= 4 is 55.4 Å². The highest BCUT2D eigenvalue weighted by Gasteiger charge is 2.40. The summed E-state index contributed by atoms with van der Waals surface area (Å²) in [5.74, 6) is -3.51. The molecule has 392 valence electrons. The van der Waals surface area contributed by atoms with E-state index in [1.807, 2.05) is 0 Å². The number of primary amides is 1. The Labute approximate surface area is 415 Å². The number of nitrogens with zero attached hydrogens (tertiary/aromatic N) is 2. The fourth-order valence-electron chi connectivity index (χ4n) is 10.8. The fraction of sp³-hybridized carbons (Fsp3) is 0.811. The van der Waals surface area contributed by atoms with Crippen molar-refractivity contribution in [2.45, 2.75) is 236 Å². The molecule has 0 spiro atoms. The molecule has 0 bridgehead atoms. The first-order valence-electron chi connectivity index (χ1n) is 27.5. The molecule has 0 radical (unpaired) electrons. The topological polar surface area (TPSA) is 225 Å². The minimum absolute atomic E-state index is 0.00896. The standard InChI is InChI=1S/C53H92N6O9Si/c1-3-5-7-9-11-13-15-17-19-21-36-69(37-22-20-18-16-14-12-10-8-6-4-2,38-24-34-55-51(66)43-28-26-42(27-29-43)40-59-48(62)32-33-49(59)63)41-47(61)57-44(30-31-46(54)60)53(68)58-35-23-25-45(58)52(67)56-39-50(64)65/h32-33,42-45H,3-31,34-41H2,1-2H3,(H2,54,60)(H,55,66)(H,56,67)(H,57,61)(H,64,65)/t42?,43?,44-,45+/m0/s1. The lowest BCUT2D eigenvalue weighted by atomic mass is 9.81. The summed E-state index contributed by atoms with van der Waals surface area (Å²) in [4.78, 5) is 105. The lowest BCUT2D eigenvalue weighted by Gasteiger charge is -2.34. The zero-order chi connectivity index (χ0) is 50.3. The molecule has 1 aliphatic carbocycles. The first-order chi connectivity index (χ1) is 33.3. The molecule has 2 heterocycles. The smallest absolute Gasteiger partial charge is 0.322 e. The van der Waals surface area contributed by atoms with Crippen LogP contribution in [0.5, 0.6) is 0 Å². The monoisotopic (exact) mass is 985 g/mol. The summed E-state index contributed by atoms with van der Waals surface area (Å²) < 4.78 is 0. The third-order valence-electron chi connectivity index (χ3n) is 15.0. The van der Waals surface area contributed by atoms with Gasteiger partial charge in [-0.2, -0.15) is 0 Å². The lowest BCUT2D eigenvalue weighted by Crippen LogP contribution is -2.54. The van der Waals surface area contributed by atoms with Gasteiger partial charge < -0.3 is 31.7 Å². The van der Waals surface area contributed by atoms with E-state index in [1.165, 1.54) is 112 Å². The number of hydrogen-bond acceptors (Lipinski definition) is 8. The Kier molecular flexibility index (Phi) is 29.4. The summed E-state index contributed by atoms with van der Waals surface area (Å²) in [6.07, 6.45) is 31.3. The largest absolute Gasteiger partial charge is 0.480 e. The number of carbonyl (C=O) groups excluding carboxylic acids is 7. The lowest BCUT2D eigenvalue weighted by molar-refractivity contribution is -0.142. The number of nitrogens with two attached hydrogens (primary N) is 1. The molecule has 2 fully saturated rings. The molecule has 16 heteroatoms. The van der Waals surface area contributed by atoms with Crippen LogP contribution < -0.4 is 21.7 Å². The van der Waals surface area contributed by atoms with E-state index in [-0.39, 0.29) is 54.9 Å². The van der Waals surface area contributed by atoms with E-state index in [0.29, 0.717) is 44.8 Å². The molecule has 6 N–H and O–H groups in total. The first-order valence-corrected chi connectivity index (χ1v) is 30.3. The Bertz CT molecular complexity index is 1590. The molecule has 1 saturated carbocycles. The number of aliphatic carboxylic acids is 1. The van der Waals surface area contributed by atoms with Crippen LogP contribution >= 0.6 is 0 Å². The van der Waals surface area contributed by atoms with Crippen molar-refractivity contribution in [3.63, 3.8) is 0 Å². The summed E-state index contributed by atoms with van der Waals surface area (Å²) in [7, 11) is -2.38. The summed E-state index contributed by atoms with van der Waals surface area (Å²) >= 11 is 0. The highest BCUT2D eigenvalue weighted by molar-refractivity contribution is 6.82. The Morgan fingerprint density at radius 1 is 0.681 bits per heavy atom. The van der Waals surface area contributed by atoms with Gasteiger partial charge in [0.1, 0.15) is 18.6 Å². The number of likely N-dealkylation sites (tertiary alicyclic amines) is 1. The third kappa shape index (κ3) is 23.6. The molecule has 2 atom stereocenters. The van der Waals surface area contributed by atoms with E-state index in [2.05, 4.69) is 29.8 Å². The summed E-state index contributed by atoms with van der Waals surface area (Å²) in [5, 5.41) is 17.8. The summed E-state index contributed by atoms with van der Waals surface area (Å²) in [5.41, 5.74) is 5.56. The molecule has 3 rings (SSSR count). The highest BCUT2D eigenvalue weighted by atomic mass is 28.3. The number of carbonyl (C=O) groups is 8. The zero-order valence-electron chi connectivity index (χ0n) is 42.8. The van der Waals surface area contributed by atoms with Crippen molar-refractivity contribution in [1.29, 1.82) is 0 Å². The van der Waals surface area contributed by atoms with Crippen molar-refractivity contribution in [3.8, 4) is 0 Å². The number of imide groups is 1. The van der Waals surface area contributed by atoms with Gasteiger partial charge >= 0.3 is 5.97 Å². The average Bonchev–Trinajstić information content (AvgIpc) is 3.95. The molecule has 0 aromatic carbocycles. The first kappa shape index (κ1) is 59.2. The fourth-order valence-corrected chi connectivity index (χ4v) is 15.8. The molecule has 1 saturated heterocycles. The molecule has 0 aromatic rings. The normalized spacial score (nSPS) is 18.7. The van der Waals surface area contributed by atoms with Crippen LogP contribution in [0.3, 0.4) is 0 Å². The Morgan fingerprint density at radius 2 is 1.19 bits per heavy atom. The molecule has 69 heavy (non-hydrogen) atoms. The van der Waals surface area contributed by atoms with Crippen LogP contribution in [0.4, 0.5) is 0 Å². The Hall–Kier alpha value is -4.08. The van der Waals surface area contributed by atoms with E-state index in [1.54, 1.807) is 0 Å². The number of unbranched alkanes of at least 4 members (excludes halogenated alkanes) is 18. The van der Waals surface area contributed by atoms with Gasteiger partial charge in [-0.1, -0.05) is 160 Å². The number of hydrogen-bond donors (Lipinski definition) is 5. The van der Waals surface area contributed by atoms with Crippen molar-refractivity contribution in [2.24, 2.45) is 17.6 Å². The van der Waals surface area contributed by atoms with Gasteiger partial charge in [0.25, 0.3) is 11.8 Å². The summed E-state index contributed by atoms with van der Waals surface area (Å²) in [6.45, 7) is 5.07. The van der Waals surface area contributed by atoms with Gasteiger partial charge in [0.05, 0.1) is 8.07 Å². The SMILES string of the molecule is CCCCCCCCCCCC[Si](CCCCCCCCCCCC)(CCCNC(=O)C1CCC(CN2C(=O)C=CC2=O)CC1)CC(=O)N[C@@H](CCC(N)=O)C(=O)N1CCC[C@@H]1C(=O)NCC(=O)O. The van der Waals surface area contributed by atoms with Crippen molar-refractivity contribution in [1.82, 2.24) is 25.8 Å². The molecular weight excluding hydrogens is 893 g/mol. The van der Waals surface area contributed by atoms with Crippen molar-refractivity contribution in [2.75, 3.05) is 26.2 Å². The summed E-state index contributed by atoms with van der Waals surface area (Å²) in [6, 6.07) is 1.18. The third-order valence-corrected chi connectivity index (χ3v) is 20.3. The number of amides is 7. The van der Waals surface area contributed by atoms with Crippen molar-refractivity contribution in [3.05, 3.63) is 12.2 Å². The number of carboxylic acids is 1. The van der Waals surface area contributed by atoms with Crippen LogP contribution in [-0.4, -0.2) is 109 Å². The molecule has 15 nitrogen and oxygen atoms in total. The molecule has 0 aromatic heterocycles. The Morgan fingerprint density at radius 3 is 1.70 bits per heavy atom. The van der Waals surface area contributed by atoms with Crippen LogP contribution in [0, 0.1) is 11.8 Å². The van der Waals surface area contributed by atoms with Gasteiger partial charge in [-0.25, -0.2) is 0 Å². The van der Waals surface area contributed by atoms with Gasteiger partial charge in [-0.05, 0) is 57.3 Å². The van der Waals surface area contributed by atoms with Crippen LogP contribution in [0.15, 0.2) is 12.2 Å². The maximum atomic E-state index is 14.5. The maximum Gasteiger partial charge on any atom is 0.322 e. The second-order valence-electron chi connectivity index (χ2n) is 20.7. The van der Waals surface area contributed by atoms with Crippen LogP contribution in [0.1, 0.15) is 200 Å². The molecule has 3 aliphatic rings. The van der Waals surface area contributed by atoms with E-state index in [9.17, 15) is 38.4 Å². The Balaban J connectivity index is 1.74. The average molecular weight is 985 g/mol. The molecule has 2 aliphatic heterocycles. The van der Waals surface area contributed by atoms with E-state index in [4.69, 9.17) is 10.8 Å². The van der Waals surface area contributed by atoms with Crippen molar-refractivity contribution < 1.29 is 43.5 Å². The highest BCUT2D eigenvalue weighted by Crippen LogP contribution is 2.34. The predicted molar refractivity (Wildman–Crippen MR) is 273 cm³/mol. The predicted octanol–water partition coefficient (Wildman–Crippen LogP) is 8.46. The number of carboxylic acid groups (broad SMARTS) is 1. The zero-order valence-corrected chi connectivity index (χ0v) is 43.8. The van der Waals surface area contributed by atoms with Crippen LogP contribution in [0.2, 0.25) is 24.2 Å². The van der Waals surface area contributed by atoms with Gasteiger partial charge in [0.2, 0.25) is 29.5 Å². The van der Waals surface area contributed by atoms with Gasteiger partial charge in [-0.15, -0.1) is 0 Å². The molecule has 0 unspecified atom stereocenters. The molecular formula is C53H92N6O9Si. The second-order valence-corrected chi connectivity index (χ2v) is 25.6. The second kappa shape index (κ2) is 34.3. The maximum absolute atomic E-state index is 14.5. The van der Waals surface area contributed by atoms with Crippen LogP contribution in [0.25, 0.3) is 0 Å². The van der Waals surface area contributed by atoms with E-state index < -0.39 is 50.4 Å².